The number of carbonyl (C=O) groups excluding carboxylic acids is 1. The third-order valence-electron chi connectivity index (χ3n) is 3.93. The monoisotopic (exact) mass is 333 g/mol. The lowest BCUT2D eigenvalue weighted by Gasteiger charge is -2.10. The summed E-state index contributed by atoms with van der Waals surface area (Å²) in [7, 11) is 0. The van der Waals surface area contributed by atoms with E-state index in [-0.39, 0.29) is 11.7 Å². The Morgan fingerprint density at radius 1 is 0.960 bits per heavy atom. The number of rotatable bonds is 4. The lowest BCUT2D eigenvalue weighted by atomic mass is 10.2. The van der Waals surface area contributed by atoms with Gasteiger partial charge in [0.25, 0.3) is 5.91 Å². The Balaban J connectivity index is 1.68. The summed E-state index contributed by atoms with van der Waals surface area (Å²) in [4.78, 5) is 12.1. The van der Waals surface area contributed by atoms with E-state index in [0.29, 0.717) is 5.56 Å². The van der Waals surface area contributed by atoms with E-state index in [0.717, 1.165) is 22.6 Å². The fraction of sp³-hybridized carbons (Fsp3) is 0.100. The molecule has 3 rings (SSSR count). The van der Waals surface area contributed by atoms with E-state index in [4.69, 9.17) is 0 Å². The van der Waals surface area contributed by atoms with Gasteiger partial charge in [-0.15, -0.1) is 0 Å². The number of hydrazone groups is 1. The van der Waals surface area contributed by atoms with E-state index in [1.165, 1.54) is 6.21 Å². The zero-order valence-electron chi connectivity index (χ0n) is 14.1. The van der Waals surface area contributed by atoms with Gasteiger partial charge < -0.3 is 9.67 Å². The molecule has 0 atom stereocenters. The summed E-state index contributed by atoms with van der Waals surface area (Å²) in [5.41, 5.74) is 7.13. The van der Waals surface area contributed by atoms with Crippen LogP contribution in [-0.2, 0) is 0 Å². The first kappa shape index (κ1) is 16.5. The molecule has 0 bridgehead atoms. The normalized spacial score (nSPS) is 11.0. The first-order chi connectivity index (χ1) is 12.0. The second-order valence-corrected chi connectivity index (χ2v) is 5.79. The third kappa shape index (κ3) is 3.77. The molecular formula is C20H19N3O2. The Labute approximate surface area is 146 Å². The second kappa shape index (κ2) is 7.05. The zero-order chi connectivity index (χ0) is 17.8. The van der Waals surface area contributed by atoms with Crippen LogP contribution in [0.3, 0.4) is 0 Å². The molecule has 5 heteroatoms. The number of carbonyl (C=O) groups is 1. The summed E-state index contributed by atoms with van der Waals surface area (Å²) in [5.74, 6) is -0.0861. The molecule has 5 nitrogen and oxygen atoms in total. The van der Waals surface area contributed by atoms with Gasteiger partial charge in [0, 0.05) is 22.6 Å². The van der Waals surface area contributed by atoms with E-state index in [2.05, 4.69) is 27.2 Å². The first-order valence-corrected chi connectivity index (χ1v) is 7.92. The minimum Gasteiger partial charge on any atom is -0.508 e. The number of benzene rings is 2. The third-order valence-corrected chi connectivity index (χ3v) is 3.93. The second-order valence-electron chi connectivity index (χ2n) is 5.79. The Kier molecular flexibility index (Phi) is 4.66. The number of aromatic nitrogens is 1. The van der Waals surface area contributed by atoms with Crippen molar-refractivity contribution >= 4 is 12.1 Å². The molecule has 3 aromatic rings. The van der Waals surface area contributed by atoms with Crippen LogP contribution in [0.2, 0.25) is 0 Å². The molecule has 2 N–H and O–H groups in total. The molecule has 126 valence electrons. The van der Waals surface area contributed by atoms with Crippen molar-refractivity contribution in [3.63, 3.8) is 0 Å². The molecule has 0 unspecified atom stereocenters. The Morgan fingerprint density at radius 3 is 2.16 bits per heavy atom. The molecule has 0 spiro atoms. The number of phenolic OH excluding ortho intramolecular Hbond substituents is 1. The molecule has 0 saturated carbocycles. The van der Waals surface area contributed by atoms with Gasteiger partial charge in [0.1, 0.15) is 5.75 Å². The first-order valence-electron chi connectivity index (χ1n) is 7.92. The average molecular weight is 333 g/mol. The number of hydrogen-bond donors (Lipinski definition) is 2. The highest BCUT2D eigenvalue weighted by molar-refractivity contribution is 5.95. The quantitative estimate of drug-likeness (QED) is 0.566. The van der Waals surface area contributed by atoms with E-state index in [1.54, 1.807) is 36.4 Å². The molecule has 25 heavy (non-hydrogen) atoms. The highest BCUT2D eigenvalue weighted by atomic mass is 16.3. The van der Waals surface area contributed by atoms with Gasteiger partial charge in [-0.25, -0.2) is 5.43 Å². The predicted molar refractivity (Wildman–Crippen MR) is 98.4 cm³/mol. The molecule has 2 aromatic carbocycles. The standard InChI is InChI=1S/C20H19N3O2/c1-14-3-4-15(2)23(14)18-9-7-17(8-10-18)20(25)22-21-13-16-5-11-19(24)12-6-16/h3-13,24H,1-2H3,(H,22,25)/b21-13+. The van der Waals surface area contributed by atoms with Gasteiger partial charge >= 0.3 is 0 Å². The molecule has 0 aliphatic heterocycles. The van der Waals surface area contributed by atoms with Crippen LogP contribution in [0.1, 0.15) is 27.3 Å². The van der Waals surface area contributed by atoms with Crippen LogP contribution in [0, 0.1) is 13.8 Å². The number of amides is 1. The van der Waals surface area contributed by atoms with E-state index in [1.807, 2.05) is 26.0 Å². The van der Waals surface area contributed by atoms with Crippen molar-refractivity contribution in [2.45, 2.75) is 13.8 Å². The predicted octanol–water partition coefficient (Wildman–Crippen LogP) is 3.56. The maximum atomic E-state index is 12.1. The van der Waals surface area contributed by atoms with Crippen molar-refractivity contribution in [3.05, 3.63) is 83.2 Å². The SMILES string of the molecule is Cc1ccc(C)n1-c1ccc(C(=O)N/N=C/c2ccc(O)cc2)cc1. The van der Waals surface area contributed by atoms with Gasteiger partial charge in [-0.2, -0.15) is 5.10 Å². The average Bonchev–Trinajstić information content (AvgIpc) is 2.95. The molecule has 1 heterocycles. The maximum absolute atomic E-state index is 12.1. The summed E-state index contributed by atoms with van der Waals surface area (Å²) < 4.78 is 2.13. The molecule has 1 amide bonds. The van der Waals surface area contributed by atoms with Gasteiger partial charge in [0.05, 0.1) is 6.21 Å². The van der Waals surface area contributed by atoms with E-state index in [9.17, 15) is 9.90 Å². The highest BCUT2D eigenvalue weighted by Crippen LogP contribution is 2.16. The number of nitrogens with zero attached hydrogens (tertiary/aromatic N) is 2. The van der Waals surface area contributed by atoms with Crippen LogP contribution in [0.15, 0.2) is 65.8 Å². The molecule has 0 saturated heterocycles. The lowest BCUT2D eigenvalue weighted by Crippen LogP contribution is -2.17. The number of aryl methyl sites for hydroxylation is 2. The summed E-state index contributed by atoms with van der Waals surface area (Å²) in [6, 6.07) is 18.1. The van der Waals surface area contributed by atoms with Gasteiger partial charge in [-0.05, 0) is 80.1 Å². The van der Waals surface area contributed by atoms with E-state index >= 15 is 0 Å². The lowest BCUT2D eigenvalue weighted by molar-refractivity contribution is 0.0955. The fourth-order valence-electron chi connectivity index (χ4n) is 2.63. The maximum Gasteiger partial charge on any atom is 0.271 e. The number of aromatic hydroxyl groups is 1. The van der Waals surface area contributed by atoms with Crippen molar-refractivity contribution in [1.29, 1.82) is 0 Å². The van der Waals surface area contributed by atoms with Gasteiger partial charge in [-0.1, -0.05) is 0 Å². The summed E-state index contributed by atoms with van der Waals surface area (Å²) in [6.07, 6.45) is 1.53. The molecule has 0 aliphatic rings. The summed E-state index contributed by atoms with van der Waals surface area (Å²) in [6.45, 7) is 4.09. The Bertz CT molecular complexity index is 888. The van der Waals surface area contributed by atoms with Crippen molar-refractivity contribution in [2.24, 2.45) is 5.10 Å². The van der Waals surface area contributed by atoms with Crippen LogP contribution in [0.4, 0.5) is 0 Å². The van der Waals surface area contributed by atoms with Crippen LogP contribution >= 0.6 is 0 Å². The van der Waals surface area contributed by atoms with Crippen molar-refractivity contribution in [3.8, 4) is 11.4 Å². The van der Waals surface area contributed by atoms with E-state index < -0.39 is 0 Å². The zero-order valence-corrected chi connectivity index (χ0v) is 14.1. The fourth-order valence-corrected chi connectivity index (χ4v) is 2.63. The largest absolute Gasteiger partial charge is 0.508 e. The van der Waals surface area contributed by atoms with Crippen LogP contribution in [-0.4, -0.2) is 21.8 Å². The smallest absolute Gasteiger partial charge is 0.271 e. The topological polar surface area (TPSA) is 66.6 Å². The number of hydrogen-bond acceptors (Lipinski definition) is 3. The van der Waals surface area contributed by atoms with Crippen LogP contribution in [0.5, 0.6) is 5.75 Å². The van der Waals surface area contributed by atoms with Crippen molar-refractivity contribution in [2.75, 3.05) is 0 Å². The van der Waals surface area contributed by atoms with Crippen molar-refractivity contribution in [1.82, 2.24) is 9.99 Å². The summed E-state index contributed by atoms with van der Waals surface area (Å²) >= 11 is 0. The highest BCUT2D eigenvalue weighted by Gasteiger charge is 2.07. The minimum atomic E-state index is -0.275. The molecular weight excluding hydrogens is 314 g/mol. The molecule has 0 fully saturated rings. The number of phenols is 1. The Morgan fingerprint density at radius 2 is 1.56 bits per heavy atom. The van der Waals surface area contributed by atoms with Gasteiger partial charge in [0.2, 0.25) is 0 Å². The molecule has 0 aliphatic carbocycles. The van der Waals surface area contributed by atoms with Gasteiger partial charge in [0.15, 0.2) is 0 Å². The van der Waals surface area contributed by atoms with Crippen LogP contribution in [0.25, 0.3) is 5.69 Å². The molecule has 0 radical (unpaired) electrons. The van der Waals surface area contributed by atoms with Gasteiger partial charge in [-0.3, -0.25) is 4.79 Å². The van der Waals surface area contributed by atoms with Crippen molar-refractivity contribution < 1.29 is 9.90 Å². The van der Waals surface area contributed by atoms with Crippen LogP contribution < -0.4 is 5.43 Å². The molecule has 1 aromatic heterocycles. The summed E-state index contributed by atoms with van der Waals surface area (Å²) in [5, 5.41) is 13.2. The Hall–Kier alpha value is -3.34. The minimum absolute atomic E-state index is 0.189. The number of nitrogens with one attached hydrogen (secondary N) is 1.